The number of Topliss-reactive ketones (excluding diaryl/α,β-unsaturated/α-hetero) is 1. The molecule has 86 valence electrons. The van der Waals surface area contributed by atoms with Gasteiger partial charge in [-0.3, -0.25) is 4.79 Å². The van der Waals surface area contributed by atoms with Crippen LogP contribution in [-0.4, -0.2) is 12.4 Å². The summed E-state index contributed by atoms with van der Waals surface area (Å²) in [5.41, 5.74) is 1.57. The minimum atomic E-state index is -0.469. The van der Waals surface area contributed by atoms with Gasteiger partial charge >= 0.3 is 0 Å². The second kappa shape index (κ2) is 4.52. The number of halogens is 2. The molecule has 0 amide bonds. The topological polar surface area (TPSA) is 26.3 Å². The van der Waals surface area contributed by atoms with Crippen molar-refractivity contribution < 1.29 is 13.9 Å². The Hall–Kier alpha value is -0.930. The smallest absolute Gasteiger partial charge is 0.142 e. The van der Waals surface area contributed by atoms with Gasteiger partial charge in [-0.15, -0.1) is 0 Å². The van der Waals surface area contributed by atoms with Crippen LogP contribution in [0.1, 0.15) is 30.1 Å². The van der Waals surface area contributed by atoms with Crippen LogP contribution >= 0.6 is 11.6 Å². The third-order valence-electron chi connectivity index (χ3n) is 2.77. The zero-order valence-electron chi connectivity index (χ0n) is 8.93. The molecule has 1 heterocycles. The molecule has 4 heteroatoms. The molecule has 0 spiro atoms. The molecule has 1 atom stereocenters. The highest BCUT2D eigenvalue weighted by molar-refractivity contribution is 6.30. The van der Waals surface area contributed by atoms with Gasteiger partial charge in [-0.25, -0.2) is 4.39 Å². The molecule has 2 rings (SSSR count). The summed E-state index contributed by atoms with van der Waals surface area (Å²) >= 11 is 5.67. The molecule has 0 saturated carbocycles. The molecule has 1 aromatic carbocycles. The highest BCUT2D eigenvalue weighted by Gasteiger charge is 2.23. The summed E-state index contributed by atoms with van der Waals surface area (Å²) in [6.07, 6.45) is 0.445. The fraction of sp³-hybridized carbons (Fsp3) is 0.417. The molecule has 1 aliphatic heterocycles. The summed E-state index contributed by atoms with van der Waals surface area (Å²) in [5, 5.41) is 0.100. The SMILES string of the molecule is Cc1cc(Cl)c(F)cc1C1CC(=O)CCO1. The molecule has 1 aromatic rings. The highest BCUT2D eigenvalue weighted by atomic mass is 35.5. The minimum absolute atomic E-state index is 0.100. The highest BCUT2D eigenvalue weighted by Crippen LogP contribution is 2.31. The van der Waals surface area contributed by atoms with Crippen LogP contribution < -0.4 is 0 Å². The number of rotatable bonds is 1. The quantitative estimate of drug-likeness (QED) is 0.756. The molecule has 2 nitrogen and oxygen atoms in total. The number of hydrogen-bond donors (Lipinski definition) is 0. The van der Waals surface area contributed by atoms with Gasteiger partial charge in [0, 0.05) is 12.8 Å². The lowest BCUT2D eigenvalue weighted by Gasteiger charge is -2.23. The summed E-state index contributed by atoms with van der Waals surface area (Å²) in [6.45, 7) is 2.25. The van der Waals surface area contributed by atoms with E-state index in [2.05, 4.69) is 0 Å². The van der Waals surface area contributed by atoms with Gasteiger partial charge in [0.25, 0.3) is 0 Å². The minimum Gasteiger partial charge on any atom is -0.373 e. The first-order valence-corrected chi connectivity index (χ1v) is 5.54. The number of ketones is 1. The number of carbonyl (C=O) groups excluding carboxylic acids is 1. The third-order valence-corrected chi connectivity index (χ3v) is 3.06. The molecule has 1 aliphatic rings. The number of hydrogen-bond acceptors (Lipinski definition) is 2. The van der Waals surface area contributed by atoms with E-state index in [-0.39, 0.29) is 16.9 Å². The average molecular weight is 243 g/mol. The van der Waals surface area contributed by atoms with Gasteiger partial charge in [-0.2, -0.15) is 0 Å². The van der Waals surface area contributed by atoms with Crippen molar-refractivity contribution in [2.24, 2.45) is 0 Å². The van der Waals surface area contributed by atoms with E-state index in [1.54, 1.807) is 6.07 Å². The van der Waals surface area contributed by atoms with Gasteiger partial charge in [0.1, 0.15) is 11.6 Å². The van der Waals surface area contributed by atoms with Gasteiger partial charge in [-0.1, -0.05) is 11.6 Å². The molecule has 1 saturated heterocycles. The molecular weight excluding hydrogens is 231 g/mol. The van der Waals surface area contributed by atoms with Crippen LogP contribution in [0.15, 0.2) is 12.1 Å². The van der Waals surface area contributed by atoms with Gasteiger partial charge in [0.15, 0.2) is 0 Å². The molecule has 1 fully saturated rings. The Kier molecular flexibility index (Phi) is 3.26. The van der Waals surface area contributed by atoms with E-state index in [4.69, 9.17) is 16.3 Å². The second-order valence-corrected chi connectivity index (χ2v) is 4.38. The third kappa shape index (κ3) is 2.25. The number of ether oxygens (including phenoxy) is 1. The van der Waals surface area contributed by atoms with Crippen molar-refractivity contribution in [3.8, 4) is 0 Å². The number of benzene rings is 1. The summed E-state index contributed by atoms with van der Waals surface area (Å²) in [7, 11) is 0. The number of carbonyl (C=O) groups is 1. The van der Waals surface area contributed by atoms with E-state index in [1.165, 1.54) is 6.07 Å². The zero-order chi connectivity index (χ0) is 11.7. The van der Waals surface area contributed by atoms with Crippen molar-refractivity contribution in [3.05, 3.63) is 34.1 Å². The van der Waals surface area contributed by atoms with Gasteiger partial charge in [0.2, 0.25) is 0 Å². The normalized spacial score (nSPS) is 21.2. The van der Waals surface area contributed by atoms with Crippen LogP contribution in [0.2, 0.25) is 5.02 Å². The first-order valence-electron chi connectivity index (χ1n) is 5.17. The fourth-order valence-electron chi connectivity index (χ4n) is 1.89. The Bertz CT molecular complexity index is 431. The van der Waals surface area contributed by atoms with Crippen LogP contribution in [-0.2, 0) is 9.53 Å². The molecular formula is C12H12ClFO2. The number of aryl methyl sites for hydroxylation is 1. The first kappa shape index (κ1) is 11.6. The fourth-order valence-corrected chi connectivity index (χ4v) is 2.11. The molecule has 16 heavy (non-hydrogen) atoms. The molecule has 0 aromatic heterocycles. The summed E-state index contributed by atoms with van der Waals surface area (Å²) in [6, 6.07) is 2.93. The van der Waals surface area contributed by atoms with Crippen molar-refractivity contribution in [2.45, 2.75) is 25.9 Å². The van der Waals surface area contributed by atoms with E-state index in [9.17, 15) is 9.18 Å². The Morgan fingerprint density at radius 1 is 1.50 bits per heavy atom. The van der Waals surface area contributed by atoms with E-state index in [1.807, 2.05) is 6.92 Å². The maximum Gasteiger partial charge on any atom is 0.142 e. The Balaban J connectivity index is 2.32. The van der Waals surface area contributed by atoms with Crippen LogP contribution in [0.5, 0.6) is 0 Å². The monoisotopic (exact) mass is 242 g/mol. The van der Waals surface area contributed by atoms with Crippen molar-refractivity contribution in [2.75, 3.05) is 6.61 Å². The van der Waals surface area contributed by atoms with Crippen LogP contribution in [0.4, 0.5) is 4.39 Å². The maximum absolute atomic E-state index is 13.3. The Morgan fingerprint density at radius 2 is 2.25 bits per heavy atom. The van der Waals surface area contributed by atoms with E-state index in [0.29, 0.717) is 19.4 Å². The van der Waals surface area contributed by atoms with E-state index < -0.39 is 5.82 Å². The van der Waals surface area contributed by atoms with Crippen LogP contribution in [0, 0.1) is 12.7 Å². The van der Waals surface area contributed by atoms with Crippen molar-refractivity contribution in [3.63, 3.8) is 0 Å². The lowest BCUT2D eigenvalue weighted by Crippen LogP contribution is -2.20. The van der Waals surface area contributed by atoms with E-state index in [0.717, 1.165) is 11.1 Å². The lowest BCUT2D eigenvalue weighted by molar-refractivity contribution is -0.128. The maximum atomic E-state index is 13.3. The predicted octanol–water partition coefficient (Wildman–Crippen LogP) is 3.21. The molecule has 0 aliphatic carbocycles. The largest absolute Gasteiger partial charge is 0.373 e. The van der Waals surface area contributed by atoms with E-state index >= 15 is 0 Å². The first-order chi connectivity index (χ1) is 7.58. The van der Waals surface area contributed by atoms with Crippen molar-refractivity contribution >= 4 is 17.4 Å². The van der Waals surface area contributed by atoms with Gasteiger partial charge in [-0.05, 0) is 30.2 Å². The van der Waals surface area contributed by atoms with Crippen LogP contribution in [0.3, 0.4) is 0 Å². The summed E-state index contributed by atoms with van der Waals surface area (Å²) in [4.78, 5) is 11.3. The van der Waals surface area contributed by atoms with Gasteiger partial charge in [0.05, 0.1) is 17.7 Å². The predicted molar refractivity (Wildman–Crippen MR) is 59.1 cm³/mol. The van der Waals surface area contributed by atoms with Gasteiger partial charge < -0.3 is 4.74 Å². The van der Waals surface area contributed by atoms with Crippen LogP contribution in [0.25, 0.3) is 0 Å². The standard InChI is InChI=1S/C12H12ClFO2/c1-7-4-10(13)11(14)6-9(7)12-5-8(15)2-3-16-12/h4,6,12H,2-3,5H2,1H3. The molecule has 0 radical (unpaired) electrons. The molecule has 0 bridgehead atoms. The summed E-state index contributed by atoms with van der Waals surface area (Å²) < 4.78 is 18.8. The molecule has 0 N–H and O–H groups in total. The summed E-state index contributed by atoms with van der Waals surface area (Å²) in [5.74, 6) is -0.310. The lowest BCUT2D eigenvalue weighted by atomic mass is 9.97. The Morgan fingerprint density at radius 3 is 2.94 bits per heavy atom. The second-order valence-electron chi connectivity index (χ2n) is 3.98. The molecule has 1 unspecified atom stereocenters. The zero-order valence-corrected chi connectivity index (χ0v) is 9.68. The average Bonchev–Trinajstić information content (AvgIpc) is 2.23. The van der Waals surface area contributed by atoms with Crippen molar-refractivity contribution in [1.29, 1.82) is 0 Å². The van der Waals surface area contributed by atoms with Crippen molar-refractivity contribution in [1.82, 2.24) is 0 Å². The Labute approximate surface area is 98.4 Å².